The molecule has 1 aromatic rings. The van der Waals surface area contributed by atoms with Gasteiger partial charge in [0.05, 0.1) is 19.4 Å². The van der Waals surface area contributed by atoms with Gasteiger partial charge in [0.2, 0.25) is 0 Å². The van der Waals surface area contributed by atoms with Crippen molar-refractivity contribution in [3.05, 3.63) is 29.8 Å². The smallest absolute Gasteiger partial charge is 0.185 e. The lowest BCUT2D eigenvalue weighted by molar-refractivity contribution is -0.0547. The molecule has 1 aromatic heterocycles. The van der Waals surface area contributed by atoms with Gasteiger partial charge in [-0.3, -0.25) is 14.7 Å². The fourth-order valence-corrected chi connectivity index (χ4v) is 2.42. The molecule has 1 saturated heterocycles. The largest absolute Gasteiger partial charge is 0.378 e. The Kier molecular flexibility index (Phi) is 4.50. The van der Waals surface area contributed by atoms with Crippen LogP contribution in [0.1, 0.15) is 31.3 Å². The van der Waals surface area contributed by atoms with Crippen molar-refractivity contribution >= 4 is 5.78 Å². The van der Waals surface area contributed by atoms with Crippen LogP contribution in [0.4, 0.5) is 4.39 Å². The van der Waals surface area contributed by atoms with E-state index in [-0.39, 0.29) is 17.2 Å². The zero-order valence-corrected chi connectivity index (χ0v) is 12.2. The van der Waals surface area contributed by atoms with Crippen molar-refractivity contribution in [1.82, 2.24) is 9.88 Å². The highest BCUT2D eigenvalue weighted by Gasteiger charge is 2.32. The maximum atomic E-state index is 12.8. The lowest BCUT2D eigenvalue weighted by atomic mass is 9.97. The first-order valence-electron chi connectivity index (χ1n) is 6.89. The average Bonchev–Trinajstić information content (AvgIpc) is 2.41. The third-order valence-electron chi connectivity index (χ3n) is 3.74. The van der Waals surface area contributed by atoms with E-state index in [4.69, 9.17) is 4.74 Å². The first-order valence-corrected chi connectivity index (χ1v) is 6.89. The van der Waals surface area contributed by atoms with E-state index in [1.807, 2.05) is 6.92 Å². The SMILES string of the molecule is CC(CN1CCOCC1(C)C)C(=O)c1ccc(F)cn1. The van der Waals surface area contributed by atoms with Crippen LogP contribution in [0.2, 0.25) is 0 Å². The minimum Gasteiger partial charge on any atom is -0.378 e. The molecule has 0 aromatic carbocycles. The number of aromatic nitrogens is 1. The van der Waals surface area contributed by atoms with Gasteiger partial charge in [0.15, 0.2) is 5.78 Å². The molecule has 1 aliphatic heterocycles. The zero-order valence-electron chi connectivity index (χ0n) is 12.2. The van der Waals surface area contributed by atoms with E-state index < -0.39 is 5.82 Å². The van der Waals surface area contributed by atoms with Crippen LogP contribution in [0.3, 0.4) is 0 Å². The lowest BCUT2D eigenvalue weighted by Crippen LogP contribution is -2.54. The maximum Gasteiger partial charge on any atom is 0.185 e. The molecule has 2 heterocycles. The Balaban J connectivity index is 2.02. The minimum atomic E-state index is -0.427. The quantitative estimate of drug-likeness (QED) is 0.793. The van der Waals surface area contributed by atoms with E-state index in [1.165, 1.54) is 12.1 Å². The topological polar surface area (TPSA) is 42.4 Å². The highest BCUT2D eigenvalue weighted by Crippen LogP contribution is 2.21. The molecule has 1 aliphatic rings. The van der Waals surface area contributed by atoms with Gasteiger partial charge < -0.3 is 4.74 Å². The monoisotopic (exact) mass is 280 g/mol. The highest BCUT2D eigenvalue weighted by molar-refractivity contribution is 5.95. The number of ketones is 1. The van der Waals surface area contributed by atoms with E-state index in [1.54, 1.807) is 0 Å². The summed E-state index contributed by atoms with van der Waals surface area (Å²) in [5.74, 6) is -0.652. The number of carbonyl (C=O) groups is 1. The molecule has 0 bridgehead atoms. The third kappa shape index (κ3) is 3.41. The number of hydrogen-bond acceptors (Lipinski definition) is 4. The normalized spacial score (nSPS) is 20.6. The van der Waals surface area contributed by atoms with Crippen LogP contribution in [-0.4, -0.2) is 47.5 Å². The fraction of sp³-hybridized carbons (Fsp3) is 0.600. The van der Waals surface area contributed by atoms with Crippen LogP contribution >= 0.6 is 0 Å². The molecule has 0 spiro atoms. The minimum absolute atomic E-state index is 0.0488. The van der Waals surface area contributed by atoms with Crippen LogP contribution in [0.5, 0.6) is 0 Å². The van der Waals surface area contributed by atoms with E-state index in [9.17, 15) is 9.18 Å². The molecular formula is C15H21FN2O2. The number of carbonyl (C=O) groups excluding carboxylic acids is 1. The molecule has 4 nitrogen and oxygen atoms in total. The molecule has 0 N–H and O–H groups in total. The summed E-state index contributed by atoms with van der Waals surface area (Å²) >= 11 is 0. The number of hydrogen-bond donors (Lipinski definition) is 0. The van der Waals surface area contributed by atoms with Gasteiger partial charge in [0.1, 0.15) is 11.5 Å². The van der Waals surface area contributed by atoms with Crippen LogP contribution in [-0.2, 0) is 4.74 Å². The van der Waals surface area contributed by atoms with Gasteiger partial charge in [0.25, 0.3) is 0 Å². The third-order valence-corrected chi connectivity index (χ3v) is 3.74. The molecule has 0 radical (unpaired) electrons. The van der Waals surface area contributed by atoms with Crippen molar-refractivity contribution in [2.24, 2.45) is 5.92 Å². The van der Waals surface area contributed by atoms with Crippen LogP contribution < -0.4 is 0 Å². The highest BCUT2D eigenvalue weighted by atomic mass is 19.1. The summed E-state index contributed by atoms with van der Waals surface area (Å²) in [4.78, 5) is 18.4. The second-order valence-corrected chi connectivity index (χ2v) is 5.94. The molecule has 0 saturated carbocycles. The number of Topliss-reactive ketones (excluding diaryl/α,β-unsaturated/α-hetero) is 1. The predicted molar refractivity (Wildman–Crippen MR) is 74.2 cm³/mol. The summed E-state index contributed by atoms with van der Waals surface area (Å²) in [5, 5.41) is 0. The number of halogens is 1. The van der Waals surface area contributed by atoms with Gasteiger partial charge in [-0.15, -0.1) is 0 Å². The van der Waals surface area contributed by atoms with E-state index in [0.29, 0.717) is 25.5 Å². The molecule has 1 unspecified atom stereocenters. The van der Waals surface area contributed by atoms with Gasteiger partial charge in [-0.2, -0.15) is 0 Å². The Bertz CT molecular complexity index is 473. The fourth-order valence-electron chi connectivity index (χ4n) is 2.42. The standard InChI is InChI=1S/C15H21FN2O2/c1-11(9-18-6-7-20-10-15(18,2)3)14(19)13-5-4-12(16)8-17-13/h4-5,8,11H,6-7,9-10H2,1-3H3. The van der Waals surface area contributed by atoms with Gasteiger partial charge in [-0.05, 0) is 26.0 Å². The lowest BCUT2D eigenvalue weighted by Gasteiger charge is -2.43. The molecule has 1 atom stereocenters. The Labute approximate surface area is 118 Å². The van der Waals surface area contributed by atoms with E-state index in [2.05, 4.69) is 23.7 Å². The Morgan fingerprint density at radius 1 is 1.55 bits per heavy atom. The molecule has 20 heavy (non-hydrogen) atoms. The van der Waals surface area contributed by atoms with E-state index >= 15 is 0 Å². The average molecular weight is 280 g/mol. The number of ether oxygens (including phenoxy) is 1. The summed E-state index contributed by atoms with van der Waals surface area (Å²) < 4.78 is 18.3. The molecule has 0 amide bonds. The number of rotatable bonds is 4. The zero-order chi connectivity index (χ0) is 14.8. The van der Waals surface area contributed by atoms with Gasteiger partial charge in [-0.25, -0.2) is 4.39 Å². The molecule has 5 heteroatoms. The second kappa shape index (κ2) is 5.97. The Morgan fingerprint density at radius 3 is 2.90 bits per heavy atom. The van der Waals surface area contributed by atoms with Crippen LogP contribution in [0.25, 0.3) is 0 Å². The van der Waals surface area contributed by atoms with Crippen molar-refractivity contribution in [2.45, 2.75) is 26.3 Å². The van der Waals surface area contributed by atoms with Gasteiger partial charge in [0, 0.05) is 24.5 Å². The Morgan fingerprint density at radius 2 is 2.30 bits per heavy atom. The number of morpholine rings is 1. The van der Waals surface area contributed by atoms with E-state index in [0.717, 1.165) is 12.7 Å². The molecular weight excluding hydrogens is 259 g/mol. The maximum absolute atomic E-state index is 12.8. The van der Waals surface area contributed by atoms with Gasteiger partial charge >= 0.3 is 0 Å². The van der Waals surface area contributed by atoms with Crippen molar-refractivity contribution in [1.29, 1.82) is 0 Å². The summed E-state index contributed by atoms with van der Waals surface area (Å²) in [6, 6.07) is 2.71. The van der Waals surface area contributed by atoms with Crippen molar-refractivity contribution < 1.29 is 13.9 Å². The Hall–Kier alpha value is -1.33. The summed E-state index contributed by atoms with van der Waals surface area (Å²) in [6.07, 6.45) is 1.08. The summed E-state index contributed by atoms with van der Waals surface area (Å²) in [6.45, 7) is 8.95. The van der Waals surface area contributed by atoms with Crippen molar-refractivity contribution in [3.63, 3.8) is 0 Å². The molecule has 0 aliphatic carbocycles. The number of nitrogens with zero attached hydrogens (tertiary/aromatic N) is 2. The molecule has 110 valence electrons. The van der Waals surface area contributed by atoms with Crippen LogP contribution in [0.15, 0.2) is 18.3 Å². The summed E-state index contributed by atoms with van der Waals surface area (Å²) in [5.41, 5.74) is 0.258. The second-order valence-electron chi connectivity index (χ2n) is 5.94. The summed E-state index contributed by atoms with van der Waals surface area (Å²) in [7, 11) is 0. The molecule has 1 fully saturated rings. The van der Waals surface area contributed by atoms with Crippen molar-refractivity contribution in [3.8, 4) is 0 Å². The first kappa shape index (κ1) is 15.1. The number of pyridine rings is 1. The predicted octanol–water partition coefficient (Wildman–Crippen LogP) is 2.15. The molecule has 2 rings (SSSR count). The van der Waals surface area contributed by atoms with Gasteiger partial charge in [-0.1, -0.05) is 6.92 Å². The first-order chi connectivity index (χ1) is 9.40. The van der Waals surface area contributed by atoms with Crippen LogP contribution in [0, 0.1) is 11.7 Å². The van der Waals surface area contributed by atoms with Crippen molar-refractivity contribution in [2.75, 3.05) is 26.3 Å².